The minimum atomic E-state index is -0.667. The van der Waals surface area contributed by atoms with Gasteiger partial charge in [-0.2, -0.15) is 5.10 Å². The molecular weight excluding hydrogens is 256 g/mol. The highest BCUT2D eigenvalue weighted by atomic mass is 35.5. The van der Waals surface area contributed by atoms with E-state index in [0.717, 1.165) is 10.9 Å². The van der Waals surface area contributed by atoms with Crippen LogP contribution in [0.15, 0.2) is 24.4 Å². The van der Waals surface area contributed by atoms with Crippen LogP contribution in [0.25, 0.3) is 10.9 Å². The van der Waals surface area contributed by atoms with Gasteiger partial charge in [0.1, 0.15) is 6.04 Å². The van der Waals surface area contributed by atoms with Crippen LogP contribution in [0.4, 0.5) is 5.69 Å². The third kappa shape index (κ3) is 3.19. The SMILES string of the molecule is COCC(N)C(=O)Nc1ccc2[nH]ncc2c1.Cl. The fourth-order valence-electron chi connectivity index (χ4n) is 1.51. The van der Waals surface area contributed by atoms with Crippen molar-refractivity contribution in [1.29, 1.82) is 0 Å². The van der Waals surface area contributed by atoms with E-state index in [-0.39, 0.29) is 24.9 Å². The van der Waals surface area contributed by atoms with Crippen LogP contribution < -0.4 is 11.1 Å². The number of nitrogens with zero attached hydrogens (tertiary/aromatic N) is 1. The molecule has 0 spiro atoms. The fourth-order valence-corrected chi connectivity index (χ4v) is 1.51. The highest BCUT2D eigenvalue weighted by Crippen LogP contribution is 2.16. The molecule has 0 bridgehead atoms. The summed E-state index contributed by atoms with van der Waals surface area (Å²) in [5.41, 5.74) is 7.22. The van der Waals surface area contributed by atoms with Gasteiger partial charge in [0.25, 0.3) is 0 Å². The number of nitrogens with two attached hydrogens (primary N) is 1. The first kappa shape index (κ1) is 14.4. The number of benzene rings is 1. The Balaban J connectivity index is 0.00000162. The molecule has 7 heteroatoms. The Morgan fingerprint density at radius 1 is 1.61 bits per heavy atom. The zero-order valence-electron chi connectivity index (χ0n) is 9.84. The predicted octanol–water partition coefficient (Wildman–Crippen LogP) is 0.897. The number of ether oxygens (including phenoxy) is 1. The molecule has 1 unspecified atom stereocenters. The lowest BCUT2D eigenvalue weighted by molar-refractivity contribution is -0.118. The van der Waals surface area contributed by atoms with Gasteiger partial charge in [0, 0.05) is 18.2 Å². The molecule has 2 rings (SSSR count). The number of anilines is 1. The van der Waals surface area contributed by atoms with Crippen LogP contribution in [0.2, 0.25) is 0 Å². The molecule has 0 radical (unpaired) electrons. The lowest BCUT2D eigenvalue weighted by Gasteiger charge is -2.11. The van der Waals surface area contributed by atoms with Gasteiger partial charge in [-0.05, 0) is 18.2 Å². The highest BCUT2D eigenvalue weighted by molar-refractivity contribution is 5.96. The number of aromatic nitrogens is 2. The number of hydrogen-bond donors (Lipinski definition) is 3. The zero-order valence-corrected chi connectivity index (χ0v) is 10.7. The van der Waals surface area contributed by atoms with E-state index in [1.165, 1.54) is 7.11 Å². The maximum atomic E-state index is 11.6. The molecule has 0 aliphatic heterocycles. The van der Waals surface area contributed by atoms with Crippen molar-refractivity contribution in [2.75, 3.05) is 19.0 Å². The van der Waals surface area contributed by atoms with Crippen LogP contribution in [-0.4, -0.2) is 35.9 Å². The monoisotopic (exact) mass is 270 g/mol. The number of fused-ring (bicyclic) bond motifs is 1. The van der Waals surface area contributed by atoms with E-state index in [4.69, 9.17) is 10.5 Å². The Kier molecular flexibility index (Phi) is 5.08. The molecule has 1 aromatic carbocycles. The molecule has 4 N–H and O–H groups in total. The maximum absolute atomic E-state index is 11.6. The smallest absolute Gasteiger partial charge is 0.243 e. The molecule has 0 aliphatic carbocycles. The third-order valence-electron chi connectivity index (χ3n) is 2.39. The average molecular weight is 271 g/mol. The summed E-state index contributed by atoms with van der Waals surface area (Å²) in [6.45, 7) is 0.194. The van der Waals surface area contributed by atoms with E-state index in [9.17, 15) is 4.79 Å². The molecule has 1 amide bonds. The van der Waals surface area contributed by atoms with Crippen molar-refractivity contribution in [2.45, 2.75) is 6.04 Å². The lowest BCUT2D eigenvalue weighted by atomic mass is 10.2. The molecule has 1 atom stereocenters. The summed E-state index contributed by atoms with van der Waals surface area (Å²) < 4.78 is 4.82. The first-order valence-electron chi connectivity index (χ1n) is 5.19. The maximum Gasteiger partial charge on any atom is 0.243 e. The minimum absolute atomic E-state index is 0. The largest absolute Gasteiger partial charge is 0.383 e. The molecule has 0 saturated heterocycles. The van der Waals surface area contributed by atoms with Crippen molar-refractivity contribution < 1.29 is 9.53 Å². The summed E-state index contributed by atoms with van der Waals surface area (Å²) in [5, 5.41) is 10.4. The second-order valence-electron chi connectivity index (χ2n) is 3.72. The molecule has 1 aromatic heterocycles. The highest BCUT2D eigenvalue weighted by Gasteiger charge is 2.13. The van der Waals surface area contributed by atoms with Crippen molar-refractivity contribution in [3.05, 3.63) is 24.4 Å². The molecule has 0 saturated carbocycles. The van der Waals surface area contributed by atoms with E-state index in [1.54, 1.807) is 12.3 Å². The van der Waals surface area contributed by atoms with Crippen LogP contribution in [-0.2, 0) is 9.53 Å². The van der Waals surface area contributed by atoms with Crippen molar-refractivity contribution in [3.8, 4) is 0 Å². The summed E-state index contributed by atoms with van der Waals surface area (Å²) >= 11 is 0. The van der Waals surface area contributed by atoms with Crippen molar-refractivity contribution in [1.82, 2.24) is 10.2 Å². The number of halogens is 1. The number of methoxy groups -OCH3 is 1. The van der Waals surface area contributed by atoms with Crippen molar-refractivity contribution in [2.24, 2.45) is 5.73 Å². The lowest BCUT2D eigenvalue weighted by Crippen LogP contribution is -2.39. The van der Waals surface area contributed by atoms with E-state index >= 15 is 0 Å². The van der Waals surface area contributed by atoms with E-state index < -0.39 is 6.04 Å². The second-order valence-corrected chi connectivity index (χ2v) is 3.72. The molecule has 98 valence electrons. The molecule has 0 aliphatic rings. The van der Waals surface area contributed by atoms with Gasteiger partial charge in [0.2, 0.25) is 5.91 Å². The number of amides is 1. The minimum Gasteiger partial charge on any atom is -0.383 e. The van der Waals surface area contributed by atoms with Gasteiger partial charge < -0.3 is 15.8 Å². The van der Waals surface area contributed by atoms with E-state index in [0.29, 0.717) is 5.69 Å². The molecule has 18 heavy (non-hydrogen) atoms. The van der Waals surface area contributed by atoms with Gasteiger partial charge in [-0.1, -0.05) is 0 Å². The average Bonchev–Trinajstić information content (AvgIpc) is 2.76. The van der Waals surface area contributed by atoms with Gasteiger partial charge >= 0.3 is 0 Å². The Morgan fingerprint density at radius 3 is 3.11 bits per heavy atom. The molecule has 2 aromatic rings. The standard InChI is InChI=1S/C11H14N4O2.ClH/c1-17-6-9(12)11(16)14-8-2-3-10-7(4-8)5-13-15-10;/h2-5,9H,6,12H2,1H3,(H,13,15)(H,14,16);1H. The topological polar surface area (TPSA) is 93.0 Å². The summed E-state index contributed by atoms with van der Waals surface area (Å²) in [4.78, 5) is 11.6. The van der Waals surface area contributed by atoms with Gasteiger partial charge in [0.05, 0.1) is 18.3 Å². The quantitative estimate of drug-likeness (QED) is 0.769. The number of aromatic amines is 1. The summed E-state index contributed by atoms with van der Waals surface area (Å²) in [5.74, 6) is -0.269. The van der Waals surface area contributed by atoms with Crippen LogP contribution >= 0.6 is 12.4 Å². The number of carbonyl (C=O) groups is 1. The van der Waals surface area contributed by atoms with Crippen LogP contribution in [0, 0.1) is 0 Å². The van der Waals surface area contributed by atoms with Crippen LogP contribution in [0.1, 0.15) is 0 Å². The molecular formula is C11H15ClN4O2. The number of rotatable bonds is 4. The number of hydrogen-bond acceptors (Lipinski definition) is 4. The van der Waals surface area contributed by atoms with Gasteiger partial charge in [-0.3, -0.25) is 9.89 Å². The number of nitrogens with one attached hydrogen (secondary N) is 2. The number of H-pyrrole nitrogens is 1. The molecule has 1 heterocycles. The van der Waals surface area contributed by atoms with Gasteiger partial charge in [0.15, 0.2) is 0 Å². The van der Waals surface area contributed by atoms with Crippen LogP contribution in [0.5, 0.6) is 0 Å². The van der Waals surface area contributed by atoms with E-state index in [1.807, 2.05) is 12.1 Å². The second kappa shape index (κ2) is 6.34. The van der Waals surface area contributed by atoms with Crippen LogP contribution in [0.3, 0.4) is 0 Å². The Morgan fingerprint density at radius 2 is 2.39 bits per heavy atom. The first-order chi connectivity index (χ1) is 8.20. The predicted molar refractivity (Wildman–Crippen MR) is 71.8 cm³/mol. The Hall–Kier alpha value is -1.63. The van der Waals surface area contributed by atoms with E-state index in [2.05, 4.69) is 15.5 Å². The normalized spacial score (nSPS) is 11.9. The van der Waals surface area contributed by atoms with Gasteiger partial charge in [-0.15, -0.1) is 12.4 Å². The third-order valence-corrected chi connectivity index (χ3v) is 2.39. The molecule has 6 nitrogen and oxygen atoms in total. The molecule has 0 fully saturated rings. The zero-order chi connectivity index (χ0) is 12.3. The summed E-state index contributed by atoms with van der Waals surface area (Å²) in [6.07, 6.45) is 1.69. The summed E-state index contributed by atoms with van der Waals surface area (Å²) in [7, 11) is 1.50. The summed E-state index contributed by atoms with van der Waals surface area (Å²) in [6, 6.07) is 4.80. The number of carbonyl (C=O) groups excluding carboxylic acids is 1. The Bertz CT molecular complexity index is 528. The Labute approximate surface area is 110 Å². The van der Waals surface area contributed by atoms with Gasteiger partial charge in [-0.25, -0.2) is 0 Å². The van der Waals surface area contributed by atoms with Crippen molar-refractivity contribution in [3.63, 3.8) is 0 Å². The first-order valence-corrected chi connectivity index (χ1v) is 5.19. The fraction of sp³-hybridized carbons (Fsp3) is 0.273. The van der Waals surface area contributed by atoms with Crippen molar-refractivity contribution >= 4 is 34.9 Å².